The molecule has 2 aromatic carbocycles. The van der Waals surface area contributed by atoms with Gasteiger partial charge in [-0.15, -0.1) is 0 Å². The molecule has 0 atom stereocenters. The summed E-state index contributed by atoms with van der Waals surface area (Å²) in [6, 6.07) is 14.2. The monoisotopic (exact) mass is 436 g/mol. The molecule has 2 heterocycles. The molecule has 1 N–H and O–H groups in total. The van der Waals surface area contributed by atoms with Gasteiger partial charge in [-0.25, -0.2) is 13.9 Å². The normalized spacial score (nSPS) is 11.0. The van der Waals surface area contributed by atoms with Crippen molar-refractivity contribution < 1.29 is 13.9 Å². The minimum Gasteiger partial charge on any atom is -0.497 e. The van der Waals surface area contributed by atoms with Gasteiger partial charge in [-0.05, 0) is 55.3 Å². The number of carbonyl (C=O) groups is 1. The number of benzene rings is 2. The Hall–Kier alpha value is -3.39. The maximum atomic E-state index is 13.7. The quantitative estimate of drug-likeness (QED) is 0.344. The van der Waals surface area contributed by atoms with E-state index in [-0.39, 0.29) is 17.5 Å². The lowest BCUT2D eigenvalue weighted by Gasteiger charge is -2.08. The van der Waals surface area contributed by atoms with Gasteiger partial charge in [0.05, 0.1) is 19.1 Å². The molecular formula is C23H21FN4O2S. The van der Waals surface area contributed by atoms with E-state index in [1.54, 1.807) is 36.9 Å². The fourth-order valence-electron chi connectivity index (χ4n) is 3.13. The van der Waals surface area contributed by atoms with Gasteiger partial charge in [0.15, 0.2) is 5.65 Å². The molecule has 0 spiro atoms. The van der Waals surface area contributed by atoms with Gasteiger partial charge in [0.2, 0.25) is 5.91 Å². The van der Waals surface area contributed by atoms with E-state index in [9.17, 15) is 9.18 Å². The molecule has 158 valence electrons. The SMILES string of the molecule is COc1ccc(-c2cnn3c(SCC(=O)Nc4ccc(C)c(F)c4)cc(C)nc23)cc1. The number of amides is 1. The number of ether oxygens (including phenoxy) is 1. The highest BCUT2D eigenvalue weighted by Gasteiger charge is 2.14. The van der Waals surface area contributed by atoms with Crippen LogP contribution >= 0.6 is 11.8 Å². The first-order valence-electron chi connectivity index (χ1n) is 9.63. The van der Waals surface area contributed by atoms with Crippen LogP contribution in [0.3, 0.4) is 0 Å². The Morgan fingerprint density at radius 3 is 2.65 bits per heavy atom. The van der Waals surface area contributed by atoms with E-state index >= 15 is 0 Å². The number of carbonyl (C=O) groups excluding carboxylic acids is 1. The van der Waals surface area contributed by atoms with Crippen LogP contribution in [0, 0.1) is 19.7 Å². The molecule has 2 aromatic heterocycles. The number of anilines is 1. The molecule has 0 radical (unpaired) electrons. The number of nitrogens with zero attached hydrogens (tertiary/aromatic N) is 3. The summed E-state index contributed by atoms with van der Waals surface area (Å²) in [6.07, 6.45) is 1.77. The maximum absolute atomic E-state index is 13.7. The first-order chi connectivity index (χ1) is 14.9. The van der Waals surface area contributed by atoms with Crippen LogP contribution in [0.25, 0.3) is 16.8 Å². The molecule has 0 saturated carbocycles. The maximum Gasteiger partial charge on any atom is 0.234 e. The molecule has 6 nitrogen and oxygen atoms in total. The molecule has 8 heteroatoms. The third-order valence-electron chi connectivity index (χ3n) is 4.77. The molecule has 0 aliphatic heterocycles. The van der Waals surface area contributed by atoms with Crippen molar-refractivity contribution in [2.75, 3.05) is 18.2 Å². The predicted molar refractivity (Wildman–Crippen MR) is 120 cm³/mol. The zero-order chi connectivity index (χ0) is 22.0. The van der Waals surface area contributed by atoms with Crippen molar-refractivity contribution in [3.8, 4) is 16.9 Å². The van der Waals surface area contributed by atoms with Crippen LogP contribution in [-0.2, 0) is 4.79 Å². The summed E-state index contributed by atoms with van der Waals surface area (Å²) in [4.78, 5) is 17.0. The molecule has 31 heavy (non-hydrogen) atoms. The smallest absolute Gasteiger partial charge is 0.234 e. The number of hydrogen-bond acceptors (Lipinski definition) is 5. The molecule has 0 aliphatic carbocycles. The second-order valence-corrected chi connectivity index (χ2v) is 8.05. The Morgan fingerprint density at radius 2 is 1.94 bits per heavy atom. The third-order valence-corrected chi connectivity index (χ3v) is 5.77. The van der Waals surface area contributed by atoms with Crippen molar-refractivity contribution >= 4 is 29.0 Å². The Labute approximate surface area is 183 Å². The molecule has 4 aromatic rings. The molecule has 1 amide bonds. The van der Waals surface area contributed by atoms with E-state index in [4.69, 9.17) is 4.74 Å². The van der Waals surface area contributed by atoms with Crippen LogP contribution in [0.5, 0.6) is 5.75 Å². The van der Waals surface area contributed by atoms with Crippen molar-refractivity contribution in [3.63, 3.8) is 0 Å². The van der Waals surface area contributed by atoms with E-state index in [0.29, 0.717) is 16.9 Å². The molecule has 0 bridgehead atoms. The number of methoxy groups -OCH3 is 1. The van der Waals surface area contributed by atoms with E-state index < -0.39 is 0 Å². The molecule has 0 unspecified atom stereocenters. The number of aromatic nitrogens is 3. The number of rotatable bonds is 6. The van der Waals surface area contributed by atoms with Gasteiger partial charge in [0.25, 0.3) is 0 Å². The van der Waals surface area contributed by atoms with Crippen molar-refractivity contribution in [1.29, 1.82) is 0 Å². The van der Waals surface area contributed by atoms with Crippen LogP contribution in [0.15, 0.2) is 59.8 Å². The lowest BCUT2D eigenvalue weighted by molar-refractivity contribution is -0.113. The van der Waals surface area contributed by atoms with Gasteiger partial charge >= 0.3 is 0 Å². The molecular weight excluding hydrogens is 415 g/mol. The van der Waals surface area contributed by atoms with Gasteiger partial charge in [-0.2, -0.15) is 5.10 Å². The highest BCUT2D eigenvalue weighted by atomic mass is 32.2. The Balaban J connectivity index is 1.54. The Bertz CT molecular complexity index is 1250. The van der Waals surface area contributed by atoms with E-state index in [0.717, 1.165) is 27.6 Å². The van der Waals surface area contributed by atoms with Gasteiger partial charge in [-0.1, -0.05) is 30.0 Å². The van der Waals surface area contributed by atoms with Crippen molar-refractivity contribution in [2.45, 2.75) is 18.9 Å². The minimum atomic E-state index is -0.348. The number of halogens is 1. The average Bonchev–Trinajstić information content (AvgIpc) is 3.18. The zero-order valence-electron chi connectivity index (χ0n) is 17.3. The summed E-state index contributed by atoms with van der Waals surface area (Å²) in [5.74, 6) is 0.365. The van der Waals surface area contributed by atoms with Crippen molar-refractivity contribution in [2.24, 2.45) is 0 Å². The highest BCUT2D eigenvalue weighted by Crippen LogP contribution is 2.29. The molecule has 0 fully saturated rings. The van der Waals surface area contributed by atoms with Gasteiger partial charge < -0.3 is 10.1 Å². The average molecular weight is 437 g/mol. The number of hydrogen-bond donors (Lipinski definition) is 1. The number of thioether (sulfide) groups is 1. The van der Waals surface area contributed by atoms with Crippen LogP contribution in [-0.4, -0.2) is 33.4 Å². The topological polar surface area (TPSA) is 68.5 Å². The number of fused-ring (bicyclic) bond motifs is 1. The number of nitrogens with one attached hydrogen (secondary N) is 1. The van der Waals surface area contributed by atoms with Gasteiger partial charge in [-0.3, -0.25) is 4.79 Å². The lowest BCUT2D eigenvalue weighted by atomic mass is 10.1. The molecule has 0 saturated heterocycles. The summed E-state index contributed by atoms with van der Waals surface area (Å²) < 4.78 is 20.7. The minimum absolute atomic E-state index is 0.159. The van der Waals surface area contributed by atoms with Crippen LogP contribution < -0.4 is 10.1 Å². The van der Waals surface area contributed by atoms with Gasteiger partial charge in [0, 0.05) is 16.9 Å². The van der Waals surface area contributed by atoms with E-state index in [1.165, 1.54) is 17.8 Å². The summed E-state index contributed by atoms with van der Waals surface area (Å²) in [7, 11) is 1.63. The third kappa shape index (κ3) is 4.54. The van der Waals surface area contributed by atoms with Crippen LogP contribution in [0.2, 0.25) is 0 Å². The second kappa shape index (κ2) is 8.77. The summed E-state index contributed by atoms with van der Waals surface area (Å²) in [5.41, 5.74) is 4.38. The summed E-state index contributed by atoms with van der Waals surface area (Å²) in [5, 5.41) is 8.01. The first kappa shape index (κ1) is 20.9. The van der Waals surface area contributed by atoms with Crippen molar-refractivity contribution in [1.82, 2.24) is 14.6 Å². The summed E-state index contributed by atoms with van der Waals surface area (Å²) >= 11 is 1.35. The Morgan fingerprint density at radius 1 is 1.16 bits per heavy atom. The Kier molecular flexibility index (Phi) is 5.90. The number of aryl methyl sites for hydroxylation is 2. The fourth-order valence-corrected chi connectivity index (χ4v) is 4.00. The predicted octanol–water partition coefficient (Wildman–Crippen LogP) is 4.89. The largest absolute Gasteiger partial charge is 0.497 e. The lowest BCUT2D eigenvalue weighted by Crippen LogP contribution is -2.14. The van der Waals surface area contributed by atoms with E-state index in [1.807, 2.05) is 37.3 Å². The van der Waals surface area contributed by atoms with Crippen LogP contribution in [0.1, 0.15) is 11.3 Å². The van der Waals surface area contributed by atoms with E-state index in [2.05, 4.69) is 15.4 Å². The van der Waals surface area contributed by atoms with Crippen molar-refractivity contribution in [3.05, 3.63) is 71.8 Å². The molecule has 0 aliphatic rings. The van der Waals surface area contributed by atoms with Crippen LogP contribution in [0.4, 0.5) is 10.1 Å². The fraction of sp³-hybridized carbons (Fsp3) is 0.174. The van der Waals surface area contributed by atoms with Gasteiger partial charge in [0.1, 0.15) is 16.6 Å². The zero-order valence-corrected chi connectivity index (χ0v) is 18.2. The highest BCUT2D eigenvalue weighted by molar-refractivity contribution is 7.99. The second-order valence-electron chi connectivity index (χ2n) is 7.06. The molecule has 4 rings (SSSR count). The standard InChI is InChI=1S/C23H21FN4O2S/c1-14-4-7-17(11-20(14)24)27-21(29)13-31-22-10-15(2)26-23-19(12-25-28(22)23)16-5-8-18(30-3)9-6-16/h4-12H,13H2,1-3H3,(H,27,29). The first-order valence-corrected chi connectivity index (χ1v) is 10.6. The summed E-state index contributed by atoms with van der Waals surface area (Å²) in [6.45, 7) is 3.59.